The van der Waals surface area contributed by atoms with E-state index in [-0.39, 0.29) is 85.4 Å². The Morgan fingerprint density at radius 3 is 1.16 bits per heavy atom. The van der Waals surface area contributed by atoms with E-state index in [0.717, 1.165) is 13.8 Å². The average molecular weight is 998 g/mol. The number of nitrogens with zero attached hydrogens (tertiary/aromatic N) is 4. The van der Waals surface area contributed by atoms with Gasteiger partial charge in [0.1, 0.15) is 0 Å². The number of benzene rings is 5. The normalized spacial score (nSPS) is 12.2. The second-order valence-corrected chi connectivity index (χ2v) is 15.9. The Balaban J connectivity index is 1.27. The number of ketones is 2. The van der Waals surface area contributed by atoms with Crippen LogP contribution in [0.4, 0.5) is 34.1 Å². The van der Waals surface area contributed by atoms with Crippen LogP contribution in [0, 0.1) is 0 Å². The lowest BCUT2D eigenvalue weighted by Crippen LogP contribution is -2.32. The number of hydrogen-bond acceptors (Lipinski definition) is 10. The third-order valence-corrected chi connectivity index (χ3v) is 11.1. The van der Waals surface area contributed by atoms with Gasteiger partial charge in [-0.2, -0.15) is 20.5 Å². The Kier molecular flexibility index (Phi) is 16.4. The molecular formula is C40H26Cl8N8O6. The number of rotatable bonds is 14. The monoisotopic (exact) mass is 994 g/mol. The Labute approximate surface area is 392 Å². The van der Waals surface area contributed by atoms with E-state index in [1.807, 2.05) is 0 Å². The number of halogens is 8. The van der Waals surface area contributed by atoms with Crippen molar-refractivity contribution in [1.82, 2.24) is 0 Å². The van der Waals surface area contributed by atoms with Gasteiger partial charge in [-0.1, -0.05) is 105 Å². The highest BCUT2D eigenvalue weighted by Gasteiger charge is 2.27. The molecule has 0 bridgehead atoms. The number of azo groups is 2. The zero-order valence-corrected chi connectivity index (χ0v) is 37.5. The molecule has 318 valence electrons. The van der Waals surface area contributed by atoms with E-state index in [4.69, 9.17) is 92.8 Å². The summed E-state index contributed by atoms with van der Waals surface area (Å²) in [7, 11) is 0. The minimum atomic E-state index is -1.70. The highest BCUT2D eigenvalue weighted by Crippen LogP contribution is 2.37. The van der Waals surface area contributed by atoms with Crippen LogP contribution < -0.4 is 21.3 Å². The zero-order valence-electron chi connectivity index (χ0n) is 31.5. The van der Waals surface area contributed by atoms with Crippen LogP contribution in [0.15, 0.2) is 105 Å². The smallest absolute Gasteiger partial charge is 0.258 e. The van der Waals surface area contributed by atoms with Crippen LogP contribution in [0.5, 0.6) is 0 Å². The van der Waals surface area contributed by atoms with Gasteiger partial charge in [0, 0.05) is 21.2 Å². The summed E-state index contributed by atoms with van der Waals surface area (Å²) in [6.07, 6.45) is 0. The molecule has 0 saturated carbocycles. The predicted molar refractivity (Wildman–Crippen MR) is 243 cm³/mol. The Hall–Kier alpha value is -5.16. The Bertz CT molecular complexity index is 2530. The van der Waals surface area contributed by atoms with Crippen molar-refractivity contribution >= 4 is 162 Å². The zero-order chi connectivity index (χ0) is 45.4. The van der Waals surface area contributed by atoms with E-state index < -0.39 is 47.3 Å². The number of Topliss-reactive ketones (excluding diaryl/α,β-unsaturated/α-hetero) is 2. The maximum absolute atomic E-state index is 13.3. The van der Waals surface area contributed by atoms with Gasteiger partial charge < -0.3 is 21.3 Å². The first-order chi connectivity index (χ1) is 29.3. The number of anilines is 4. The minimum absolute atomic E-state index is 0.0314. The molecule has 14 nitrogen and oxygen atoms in total. The number of nitrogens with one attached hydrogen (secondary N) is 4. The summed E-state index contributed by atoms with van der Waals surface area (Å²) in [5.74, 6) is -4.57. The highest BCUT2D eigenvalue weighted by molar-refractivity contribution is 6.46. The Morgan fingerprint density at radius 2 is 0.806 bits per heavy atom. The van der Waals surface area contributed by atoms with Gasteiger partial charge in [-0.05, 0) is 86.6 Å². The van der Waals surface area contributed by atoms with Crippen LogP contribution in [-0.4, -0.2) is 47.3 Å². The fourth-order valence-corrected chi connectivity index (χ4v) is 6.72. The molecule has 0 heterocycles. The summed E-state index contributed by atoms with van der Waals surface area (Å²) in [4.78, 5) is 77.6. The maximum atomic E-state index is 13.3. The SMILES string of the molecule is CC(=O)C(N=Nc1cc(Cl)cc(C(=O)Nc2cccc(Cl)c2Cl)c1)C(=O)Nc1ccc(NC(=O)C(N=Nc2cc(Cl)cc(C(=O)Nc3cccc(Cl)c3Cl)c2)C(C)=O)c(Cl)c1Cl. The second kappa shape index (κ2) is 21.3. The lowest BCUT2D eigenvalue weighted by Gasteiger charge is -2.15. The lowest BCUT2D eigenvalue weighted by molar-refractivity contribution is -0.127. The minimum Gasteiger partial charge on any atom is -0.322 e. The first-order valence-electron chi connectivity index (χ1n) is 17.4. The molecule has 0 radical (unpaired) electrons. The molecule has 0 aliphatic heterocycles. The molecule has 5 rings (SSSR count). The lowest BCUT2D eigenvalue weighted by atomic mass is 10.1. The summed E-state index contributed by atoms with van der Waals surface area (Å²) in [5, 5.41) is 26.2. The number of amides is 4. The van der Waals surface area contributed by atoms with Gasteiger partial charge in [0.2, 0.25) is 12.1 Å². The summed E-state index contributed by atoms with van der Waals surface area (Å²) < 4.78 is 0. The van der Waals surface area contributed by atoms with Crippen LogP contribution in [-0.2, 0) is 19.2 Å². The molecule has 5 aromatic rings. The molecule has 4 amide bonds. The van der Waals surface area contributed by atoms with Gasteiger partial charge in [0.15, 0.2) is 11.6 Å². The van der Waals surface area contributed by atoms with Crippen LogP contribution >= 0.6 is 92.8 Å². The van der Waals surface area contributed by atoms with Crippen molar-refractivity contribution in [2.75, 3.05) is 21.3 Å². The molecule has 4 N–H and O–H groups in total. The van der Waals surface area contributed by atoms with Gasteiger partial charge in [0.05, 0.1) is 64.3 Å². The Morgan fingerprint density at radius 1 is 0.452 bits per heavy atom. The van der Waals surface area contributed by atoms with Crippen molar-refractivity contribution in [3.05, 3.63) is 136 Å². The third kappa shape index (κ3) is 12.3. The van der Waals surface area contributed by atoms with Crippen molar-refractivity contribution in [1.29, 1.82) is 0 Å². The molecule has 0 fully saturated rings. The van der Waals surface area contributed by atoms with Gasteiger partial charge in [-0.25, -0.2) is 0 Å². The van der Waals surface area contributed by atoms with Crippen molar-refractivity contribution in [3.63, 3.8) is 0 Å². The fraction of sp³-hybridized carbons (Fsp3) is 0.100. The molecule has 2 atom stereocenters. The van der Waals surface area contributed by atoms with Crippen molar-refractivity contribution in [2.45, 2.75) is 25.9 Å². The molecule has 2 unspecified atom stereocenters. The van der Waals surface area contributed by atoms with E-state index in [0.29, 0.717) is 0 Å². The molecule has 0 aromatic heterocycles. The van der Waals surface area contributed by atoms with E-state index in [1.54, 1.807) is 36.4 Å². The van der Waals surface area contributed by atoms with Gasteiger partial charge in [-0.15, -0.1) is 0 Å². The van der Waals surface area contributed by atoms with E-state index in [1.165, 1.54) is 48.5 Å². The van der Waals surface area contributed by atoms with Crippen LogP contribution in [0.1, 0.15) is 34.6 Å². The topological polar surface area (TPSA) is 200 Å². The first-order valence-corrected chi connectivity index (χ1v) is 20.4. The van der Waals surface area contributed by atoms with E-state index in [2.05, 4.69) is 41.7 Å². The molecule has 0 aliphatic rings. The van der Waals surface area contributed by atoms with Gasteiger partial charge in [0.25, 0.3) is 23.6 Å². The van der Waals surface area contributed by atoms with Crippen LogP contribution in [0.25, 0.3) is 0 Å². The second-order valence-electron chi connectivity index (χ2n) is 12.7. The molecule has 0 aliphatic carbocycles. The number of carbonyl (C=O) groups excluding carboxylic acids is 6. The number of carbonyl (C=O) groups is 6. The third-order valence-electron chi connectivity index (χ3n) is 8.13. The standard InChI is InChI=1S/C40H26Cl8N8O6/c1-17(57)35(55-53-23-13-19(11-21(41)15-23)37(59)49-27-7-3-5-25(43)31(27)45)39(61)51-29-9-10-30(34(48)33(29)47)52-40(62)36(18(2)58)56-54-24-14-20(12-22(42)16-24)38(60)50-28-8-4-6-26(44)32(28)46/h3-16,35-36H,1-2H3,(H,49,59)(H,50,60)(H,51,61)(H,52,62). The largest absolute Gasteiger partial charge is 0.322 e. The molecule has 5 aromatic carbocycles. The summed E-state index contributed by atoms with van der Waals surface area (Å²) in [6.45, 7) is 2.21. The molecular weight excluding hydrogens is 972 g/mol. The van der Waals surface area contributed by atoms with Crippen molar-refractivity contribution < 1.29 is 28.8 Å². The molecule has 62 heavy (non-hydrogen) atoms. The summed E-state index contributed by atoms with van der Waals surface area (Å²) in [5.41, 5.74) is 0.495. The van der Waals surface area contributed by atoms with Gasteiger partial charge in [-0.3, -0.25) is 28.8 Å². The molecule has 22 heteroatoms. The van der Waals surface area contributed by atoms with Gasteiger partial charge >= 0.3 is 0 Å². The molecule has 0 spiro atoms. The predicted octanol–water partition coefficient (Wildman–Crippen LogP) is 12.8. The maximum Gasteiger partial charge on any atom is 0.258 e. The highest BCUT2D eigenvalue weighted by atomic mass is 35.5. The number of hydrogen-bond donors (Lipinski definition) is 4. The average Bonchev–Trinajstić information content (AvgIpc) is 3.20. The van der Waals surface area contributed by atoms with E-state index >= 15 is 0 Å². The fourth-order valence-electron chi connectivity index (χ4n) is 5.15. The van der Waals surface area contributed by atoms with Crippen LogP contribution in [0.2, 0.25) is 40.2 Å². The quantitative estimate of drug-likeness (QED) is 0.0630. The van der Waals surface area contributed by atoms with Crippen molar-refractivity contribution in [2.24, 2.45) is 20.5 Å². The first kappa shape index (κ1) is 47.9. The summed E-state index contributed by atoms with van der Waals surface area (Å²) >= 11 is 49.8. The van der Waals surface area contributed by atoms with Crippen molar-refractivity contribution in [3.8, 4) is 0 Å². The summed E-state index contributed by atoms with van der Waals surface area (Å²) in [6, 6.07) is 16.6. The molecule has 0 saturated heterocycles. The van der Waals surface area contributed by atoms with Crippen LogP contribution in [0.3, 0.4) is 0 Å². The van der Waals surface area contributed by atoms with E-state index in [9.17, 15) is 28.8 Å².